The van der Waals surface area contributed by atoms with Crippen LogP contribution in [0.4, 0.5) is 0 Å². The lowest BCUT2D eigenvalue weighted by molar-refractivity contribution is -0.144. The highest BCUT2D eigenvalue weighted by atomic mass is 16.5. The zero-order chi connectivity index (χ0) is 10.3. The fourth-order valence-electron chi connectivity index (χ4n) is 0.761. The van der Waals surface area contributed by atoms with Gasteiger partial charge in [0.25, 0.3) is 0 Å². The van der Waals surface area contributed by atoms with Crippen molar-refractivity contribution in [2.75, 3.05) is 7.11 Å². The van der Waals surface area contributed by atoms with Crippen LogP contribution in [0.1, 0.15) is 12.8 Å². The summed E-state index contributed by atoms with van der Waals surface area (Å²) in [6, 6.07) is -0.876. The van der Waals surface area contributed by atoms with Crippen molar-refractivity contribution in [2.24, 2.45) is 0 Å². The van der Waals surface area contributed by atoms with Gasteiger partial charge in [-0.15, -0.1) is 0 Å². The molecule has 1 atom stereocenters. The molecule has 0 unspecified atom stereocenters. The molecule has 0 spiro atoms. The number of hydrogen-bond acceptors (Lipinski definition) is 4. The second-order valence-corrected chi connectivity index (χ2v) is 2.29. The predicted octanol–water partition coefficient (Wildman–Crippen LogP) is -0.861. The lowest BCUT2D eigenvalue weighted by atomic mass is 10.1. The Morgan fingerprint density at radius 1 is 1.62 bits per heavy atom. The first-order chi connectivity index (χ1) is 6.11. The smallest absolute Gasteiger partial charge is 0.328 e. The Labute approximate surface area is 74.9 Å². The van der Waals surface area contributed by atoms with Crippen molar-refractivity contribution in [2.45, 2.75) is 18.9 Å². The van der Waals surface area contributed by atoms with Crippen LogP contribution in [-0.4, -0.2) is 36.6 Å². The first kappa shape index (κ1) is 11.4. The Kier molecular flexibility index (Phi) is 5.25. The number of esters is 1. The van der Waals surface area contributed by atoms with Crippen LogP contribution in [0.2, 0.25) is 0 Å². The number of methoxy groups -OCH3 is 1. The van der Waals surface area contributed by atoms with E-state index in [4.69, 9.17) is 5.11 Å². The molecule has 0 rings (SSSR count). The second kappa shape index (κ2) is 5.99. The van der Waals surface area contributed by atoms with E-state index in [2.05, 4.69) is 10.1 Å². The molecule has 0 aromatic rings. The van der Waals surface area contributed by atoms with Crippen LogP contribution in [0.15, 0.2) is 0 Å². The summed E-state index contributed by atoms with van der Waals surface area (Å²) in [4.78, 5) is 31.0. The molecule has 0 fully saturated rings. The van der Waals surface area contributed by atoms with Crippen LogP contribution in [0.25, 0.3) is 0 Å². The van der Waals surface area contributed by atoms with Gasteiger partial charge < -0.3 is 15.2 Å². The zero-order valence-corrected chi connectivity index (χ0v) is 7.15. The number of amides is 1. The molecular formula is C7H11NO5. The molecule has 0 bridgehead atoms. The molecular weight excluding hydrogens is 178 g/mol. The molecule has 0 aromatic carbocycles. The quantitative estimate of drug-likeness (QED) is 0.419. The van der Waals surface area contributed by atoms with Crippen molar-refractivity contribution >= 4 is 18.3 Å². The average Bonchev–Trinajstić information content (AvgIpc) is 2.10. The minimum Gasteiger partial charge on any atom is -0.481 e. The van der Waals surface area contributed by atoms with Gasteiger partial charge in [0.15, 0.2) is 0 Å². The minimum atomic E-state index is -1.03. The molecule has 0 saturated carbocycles. The summed E-state index contributed by atoms with van der Waals surface area (Å²) in [5.74, 6) is -1.67. The SMILES string of the molecule is COC(=O)[C@H](CCC(=O)O)NC=O. The van der Waals surface area contributed by atoms with Gasteiger partial charge in [0.1, 0.15) is 6.04 Å². The van der Waals surface area contributed by atoms with E-state index in [0.29, 0.717) is 6.41 Å². The largest absolute Gasteiger partial charge is 0.481 e. The third kappa shape index (κ3) is 4.78. The van der Waals surface area contributed by atoms with Gasteiger partial charge in [-0.3, -0.25) is 9.59 Å². The van der Waals surface area contributed by atoms with Crippen molar-refractivity contribution in [1.29, 1.82) is 0 Å². The van der Waals surface area contributed by atoms with Crippen LogP contribution >= 0.6 is 0 Å². The van der Waals surface area contributed by atoms with E-state index in [1.807, 2.05) is 0 Å². The van der Waals surface area contributed by atoms with Crippen molar-refractivity contribution in [3.63, 3.8) is 0 Å². The minimum absolute atomic E-state index is 0.0285. The monoisotopic (exact) mass is 189 g/mol. The van der Waals surface area contributed by atoms with Gasteiger partial charge in [-0.2, -0.15) is 0 Å². The van der Waals surface area contributed by atoms with Crippen molar-refractivity contribution in [1.82, 2.24) is 5.32 Å². The van der Waals surface area contributed by atoms with Gasteiger partial charge in [-0.25, -0.2) is 4.79 Å². The lowest BCUT2D eigenvalue weighted by Crippen LogP contribution is -2.37. The van der Waals surface area contributed by atoms with Crippen LogP contribution < -0.4 is 5.32 Å². The van der Waals surface area contributed by atoms with Gasteiger partial charge in [0.05, 0.1) is 7.11 Å². The summed E-state index contributed by atoms with van der Waals surface area (Å²) in [6.07, 6.45) is 0.171. The van der Waals surface area contributed by atoms with Crippen molar-refractivity contribution in [3.05, 3.63) is 0 Å². The summed E-state index contributed by atoms with van der Waals surface area (Å²) in [7, 11) is 1.17. The van der Waals surface area contributed by atoms with Crippen molar-refractivity contribution < 1.29 is 24.2 Å². The first-order valence-corrected chi connectivity index (χ1v) is 3.61. The Morgan fingerprint density at radius 3 is 2.62 bits per heavy atom. The van der Waals surface area contributed by atoms with Gasteiger partial charge >= 0.3 is 11.9 Å². The zero-order valence-electron chi connectivity index (χ0n) is 7.15. The summed E-state index contributed by atoms with van der Waals surface area (Å²) >= 11 is 0. The number of aliphatic carboxylic acids is 1. The van der Waals surface area contributed by atoms with E-state index in [1.165, 1.54) is 7.11 Å². The maximum Gasteiger partial charge on any atom is 0.328 e. The molecule has 6 nitrogen and oxygen atoms in total. The lowest BCUT2D eigenvalue weighted by Gasteiger charge is -2.11. The van der Waals surface area contributed by atoms with Crippen LogP contribution in [0.3, 0.4) is 0 Å². The number of carboxylic acids is 1. The van der Waals surface area contributed by atoms with E-state index in [0.717, 1.165) is 0 Å². The molecule has 0 aromatic heterocycles. The number of rotatable bonds is 6. The summed E-state index contributed by atoms with van der Waals surface area (Å²) in [6.45, 7) is 0. The predicted molar refractivity (Wildman–Crippen MR) is 41.9 cm³/mol. The number of hydrogen-bond donors (Lipinski definition) is 2. The summed E-state index contributed by atoms with van der Waals surface area (Å²) < 4.78 is 4.34. The normalized spacial score (nSPS) is 11.5. The first-order valence-electron chi connectivity index (χ1n) is 3.61. The third-order valence-electron chi connectivity index (χ3n) is 1.40. The van der Waals surface area contributed by atoms with Crippen molar-refractivity contribution in [3.8, 4) is 0 Å². The molecule has 0 saturated heterocycles. The van der Waals surface area contributed by atoms with Gasteiger partial charge in [-0.05, 0) is 6.42 Å². The van der Waals surface area contributed by atoms with E-state index in [9.17, 15) is 14.4 Å². The maximum absolute atomic E-state index is 10.9. The number of ether oxygens (including phenoxy) is 1. The Balaban J connectivity index is 4.00. The molecule has 0 aliphatic heterocycles. The van der Waals surface area contributed by atoms with Crippen LogP contribution in [-0.2, 0) is 19.1 Å². The van der Waals surface area contributed by atoms with Gasteiger partial charge in [0, 0.05) is 6.42 Å². The highest BCUT2D eigenvalue weighted by Crippen LogP contribution is 1.98. The van der Waals surface area contributed by atoms with Crippen LogP contribution in [0.5, 0.6) is 0 Å². The highest BCUT2D eigenvalue weighted by Gasteiger charge is 2.18. The molecule has 13 heavy (non-hydrogen) atoms. The van der Waals surface area contributed by atoms with E-state index < -0.39 is 18.0 Å². The molecule has 0 aliphatic carbocycles. The third-order valence-corrected chi connectivity index (χ3v) is 1.40. The molecule has 2 N–H and O–H groups in total. The molecule has 0 aliphatic rings. The van der Waals surface area contributed by atoms with Crippen LogP contribution in [0, 0.1) is 0 Å². The Hall–Kier alpha value is -1.59. The maximum atomic E-state index is 10.9. The summed E-state index contributed by atoms with van der Waals surface area (Å²) in [5, 5.41) is 10.5. The average molecular weight is 189 g/mol. The molecule has 1 amide bonds. The number of carbonyl (C=O) groups excluding carboxylic acids is 2. The number of carboxylic acid groups (broad SMARTS) is 1. The summed E-state index contributed by atoms with van der Waals surface area (Å²) in [5.41, 5.74) is 0. The number of nitrogens with one attached hydrogen (secondary N) is 1. The van der Waals surface area contributed by atoms with E-state index >= 15 is 0 Å². The Morgan fingerprint density at radius 2 is 2.23 bits per heavy atom. The van der Waals surface area contributed by atoms with E-state index in [-0.39, 0.29) is 12.8 Å². The topological polar surface area (TPSA) is 92.7 Å². The Bertz CT molecular complexity index is 203. The molecule has 0 heterocycles. The standard InChI is InChI=1S/C7H11NO5/c1-13-7(12)5(8-4-9)2-3-6(10)11/h4-5H,2-3H2,1H3,(H,8,9)(H,10,11)/t5-/m0/s1. The molecule has 6 heteroatoms. The number of carbonyl (C=O) groups is 3. The fourth-order valence-corrected chi connectivity index (χ4v) is 0.761. The molecule has 74 valence electrons. The van der Waals surface area contributed by atoms with Gasteiger partial charge in [0.2, 0.25) is 6.41 Å². The fraction of sp³-hybridized carbons (Fsp3) is 0.571. The highest BCUT2D eigenvalue weighted by molar-refractivity contribution is 5.79. The molecule has 0 radical (unpaired) electrons. The second-order valence-electron chi connectivity index (χ2n) is 2.29. The van der Waals surface area contributed by atoms with E-state index in [1.54, 1.807) is 0 Å². The van der Waals surface area contributed by atoms with Gasteiger partial charge in [-0.1, -0.05) is 0 Å².